The highest BCUT2D eigenvalue weighted by Crippen LogP contribution is 2.16. The molecular weight excluding hydrogens is 222 g/mol. The van der Waals surface area contributed by atoms with Crippen LogP contribution in [0.2, 0.25) is 0 Å². The number of nitrogens with zero attached hydrogens (tertiary/aromatic N) is 2. The fourth-order valence-electron chi connectivity index (χ4n) is 2.09. The van der Waals surface area contributed by atoms with E-state index in [1.165, 1.54) is 11.4 Å². The molecule has 0 saturated heterocycles. The van der Waals surface area contributed by atoms with Crippen LogP contribution in [0.4, 0.5) is 0 Å². The molecule has 1 atom stereocenters. The van der Waals surface area contributed by atoms with Gasteiger partial charge in [0.05, 0.1) is 11.7 Å². The van der Waals surface area contributed by atoms with Crippen molar-refractivity contribution in [2.45, 2.75) is 72.4 Å². The molecule has 3 nitrogen and oxygen atoms in total. The minimum atomic E-state index is 0.200. The van der Waals surface area contributed by atoms with E-state index in [1.807, 2.05) is 0 Å². The van der Waals surface area contributed by atoms with E-state index in [0.717, 1.165) is 25.8 Å². The van der Waals surface area contributed by atoms with Crippen LogP contribution in [0.25, 0.3) is 0 Å². The van der Waals surface area contributed by atoms with Gasteiger partial charge < -0.3 is 5.32 Å². The lowest BCUT2D eigenvalue weighted by Crippen LogP contribution is -2.37. The van der Waals surface area contributed by atoms with Gasteiger partial charge in [-0.25, -0.2) is 0 Å². The van der Waals surface area contributed by atoms with Gasteiger partial charge in [0.2, 0.25) is 0 Å². The highest BCUT2D eigenvalue weighted by molar-refractivity contribution is 5.11. The first kappa shape index (κ1) is 15.2. The normalized spacial score (nSPS) is 13.9. The van der Waals surface area contributed by atoms with Crippen molar-refractivity contribution in [1.82, 2.24) is 15.1 Å². The summed E-state index contributed by atoms with van der Waals surface area (Å²) >= 11 is 0. The van der Waals surface area contributed by atoms with Crippen molar-refractivity contribution in [1.29, 1.82) is 0 Å². The average molecular weight is 251 g/mol. The molecule has 0 spiro atoms. The molecule has 0 saturated carbocycles. The Morgan fingerprint density at radius 2 is 1.94 bits per heavy atom. The molecular formula is C15H29N3. The first-order valence-corrected chi connectivity index (χ1v) is 7.19. The third-order valence-electron chi connectivity index (χ3n) is 3.22. The smallest absolute Gasteiger partial charge is 0.0624 e. The summed E-state index contributed by atoms with van der Waals surface area (Å²) in [6, 6.07) is 2.71. The fourth-order valence-corrected chi connectivity index (χ4v) is 2.09. The Morgan fingerprint density at radius 1 is 1.28 bits per heavy atom. The summed E-state index contributed by atoms with van der Waals surface area (Å²) in [4.78, 5) is 0. The molecule has 1 rings (SSSR count). The van der Waals surface area contributed by atoms with E-state index in [2.05, 4.69) is 57.6 Å². The predicted octanol–water partition coefficient (Wildman–Crippen LogP) is 3.35. The molecule has 1 heterocycles. The van der Waals surface area contributed by atoms with Crippen LogP contribution in [-0.2, 0) is 12.8 Å². The average Bonchev–Trinajstić information content (AvgIpc) is 2.70. The summed E-state index contributed by atoms with van der Waals surface area (Å²) in [5, 5.41) is 8.24. The molecule has 0 bridgehead atoms. The van der Waals surface area contributed by atoms with Gasteiger partial charge in [-0.1, -0.05) is 13.8 Å². The van der Waals surface area contributed by atoms with Crippen LogP contribution in [0, 0.1) is 0 Å². The molecule has 3 heteroatoms. The van der Waals surface area contributed by atoms with E-state index in [-0.39, 0.29) is 5.54 Å². The minimum absolute atomic E-state index is 0.200. The van der Waals surface area contributed by atoms with E-state index < -0.39 is 0 Å². The second-order valence-corrected chi connectivity index (χ2v) is 6.09. The van der Waals surface area contributed by atoms with Crippen LogP contribution in [-0.4, -0.2) is 21.9 Å². The second-order valence-electron chi connectivity index (χ2n) is 6.09. The van der Waals surface area contributed by atoms with Gasteiger partial charge in [-0.05, 0) is 59.6 Å². The Morgan fingerprint density at radius 3 is 2.44 bits per heavy atom. The van der Waals surface area contributed by atoms with Crippen molar-refractivity contribution in [3.63, 3.8) is 0 Å². The lowest BCUT2D eigenvalue weighted by molar-refractivity contribution is 0.375. The molecule has 1 aromatic heterocycles. The van der Waals surface area contributed by atoms with Crippen molar-refractivity contribution in [3.05, 3.63) is 17.5 Å². The molecule has 0 radical (unpaired) electrons. The third-order valence-corrected chi connectivity index (χ3v) is 3.22. The van der Waals surface area contributed by atoms with Gasteiger partial charge in [0.25, 0.3) is 0 Å². The van der Waals surface area contributed by atoms with E-state index in [0.29, 0.717) is 6.04 Å². The zero-order chi connectivity index (χ0) is 13.8. The summed E-state index contributed by atoms with van der Waals surface area (Å²) in [7, 11) is 0. The molecule has 1 unspecified atom stereocenters. The van der Waals surface area contributed by atoms with Crippen LogP contribution in [0.15, 0.2) is 6.07 Å². The fraction of sp³-hybridized carbons (Fsp3) is 0.800. The zero-order valence-electron chi connectivity index (χ0n) is 12.9. The monoisotopic (exact) mass is 251 g/mol. The SMILES string of the molecule is CCc1cc(CC)n(C(C)CCNC(C)(C)C)n1. The highest BCUT2D eigenvalue weighted by atomic mass is 15.3. The maximum Gasteiger partial charge on any atom is 0.0624 e. The lowest BCUT2D eigenvalue weighted by atomic mass is 10.1. The molecule has 0 fully saturated rings. The predicted molar refractivity (Wildman–Crippen MR) is 78.1 cm³/mol. The van der Waals surface area contributed by atoms with Gasteiger partial charge in [-0.15, -0.1) is 0 Å². The van der Waals surface area contributed by atoms with Crippen LogP contribution < -0.4 is 5.32 Å². The Balaban J connectivity index is 2.60. The maximum atomic E-state index is 4.70. The van der Waals surface area contributed by atoms with Crippen molar-refractivity contribution >= 4 is 0 Å². The molecule has 0 aromatic carbocycles. The minimum Gasteiger partial charge on any atom is -0.312 e. The van der Waals surface area contributed by atoms with Gasteiger partial charge in [0, 0.05) is 11.2 Å². The van der Waals surface area contributed by atoms with Gasteiger partial charge >= 0.3 is 0 Å². The van der Waals surface area contributed by atoms with E-state index in [1.54, 1.807) is 0 Å². The van der Waals surface area contributed by atoms with Crippen molar-refractivity contribution in [2.24, 2.45) is 0 Å². The van der Waals surface area contributed by atoms with E-state index in [9.17, 15) is 0 Å². The maximum absolute atomic E-state index is 4.70. The first-order valence-electron chi connectivity index (χ1n) is 7.19. The summed E-state index contributed by atoms with van der Waals surface area (Å²) < 4.78 is 2.21. The van der Waals surface area contributed by atoms with E-state index >= 15 is 0 Å². The van der Waals surface area contributed by atoms with Crippen molar-refractivity contribution in [2.75, 3.05) is 6.54 Å². The number of hydrogen-bond donors (Lipinski definition) is 1. The molecule has 0 amide bonds. The molecule has 104 valence electrons. The lowest BCUT2D eigenvalue weighted by Gasteiger charge is -2.22. The van der Waals surface area contributed by atoms with E-state index in [4.69, 9.17) is 5.10 Å². The summed E-state index contributed by atoms with van der Waals surface area (Å²) in [6.45, 7) is 14.3. The number of hydrogen-bond acceptors (Lipinski definition) is 2. The van der Waals surface area contributed by atoms with Crippen LogP contribution >= 0.6 is 0 Å². The Bertz CT molecular complexity index is 360. The van der Waals surface area contributed by atoms with Gasteiger partial charge in [-0.3, -0.25) is 4.68 Å². The quantitative estimate of drug-likeness (QED) is 0.840. The Labute approximate surface area is 112 Å². The largest absolute Gasteiger partial charge is 0.312 e. The van der Waals surface area contributed by atoms with Crippen molar-refractivity contribution in [3.8, 4) is 0 Å². The molecule has 0 aliphatic carbocycles. The van der Waals surface area contributed by atoms with Crippen molar-refractivity contribution < 1.29 is 0 Å². The highest BCUT2D eigenvalue weighted by Gasteiger charge is 2.13. The number of nitrogens with one attached hydrogen (secondary N) is 1. The van der Waals surface area contributed by atoms with Crippen LogP contribution in [0.3, 0.4) is 0 Å². The topological polar surface area (TPSA) is 29.9 Å². The second kappa shape index (κ2) is 6.37. The molecule has 0 aliphatic rings. The van der Waals surface area contributed by atoms with Gasteiger partial charge in [0.1, 0.15) is 0 Å². The molecule has 1 N–H and O–H groups in total. The summed E-state index contributed by atoms with van der Waals surface area (Å²) in [6.07, 6.45) is 3.20. The molecule has 18 heavy (non-hydrogen) atoms. The summed E-state index contributed by atoms with van der Waals surface area (Å²) in [5.74, 6) is 0. The Hall–Kier alpha value is -0.830. The molecule has 1 aromatic rings. The first-order chi connectivity index (χ1) is 8.37. The third kappa shape index (κ3) is 4.45. The Kier molecular flexibility index (Phi) is 5.39. The molecule has 0 aliphatic heterocycles. The van der Waals surface area contributed by atoms with Gasteiger partial charge in [0.15, 0.2) is 0 Å². The number of aryl methyl sites for hydroxylation is 2. The standard InChI is InChI=1S/C15H29N3/c1-7-13-11-14(8-2)18(17-13)12(3)9-10-16-15(4,5)6/h11-12,16H,7-10H2,1-6H3. The van der Waals surface area contributed by atoms with Crippen LogP contribution in [0.1, 0.15) is 65.4 Å². The number of aromatic nitrogens is 2. The number of rotatable bonds is 6. The zero-order valence-corrected chi connectivity index (χ0v) is 12.9. The van der Waals surface area contributed by atoms with Gasteiger partial charge in [-0.2, -0.15) is 5.10 Å². The summed E-state index contributed by atoms with van der Waals surface area (Å²) in [5.41, 5.74) is 2.77. The van der Waals surface area contributed by atoms with Crippen LogP contribution in [0.5, 0.6) is 0 Å².